The quantitative estimate of drug-likeness (QED) is 0.793. The lowest BCUT2D eigenvalue weighted by Crippen LogP contribution is -1.78. The van der Waals surface area contributed by atoms with Crippen molar-refractivity contribution in [1.29, 1.82) is 0 Å². The van der Waals surface area contributed by atoms with E-state index in [0.717, 1.165) is 0 Å². The average molecular weight is 193 g/mol. The van der Waals surface area contributed by atoms with E-state index in [0.29, 0.717) is 17.0 Å². The van der Waals surface area contributed by atoms with Crippen molar-refractivity contribution in [2.45, 2.75) is 6.61 Å². The Morgan fingerprint density at radius 2 is 2.21 bits per heavy atom. The highest BCUT2D eigenvalue weighted by Gasteiger charge is 2.05. The zero-order valence-electron chi connectivity index (χ0n) is 7.27. The van der Waals surface area contributed by atoms with Gasteiger partial charge in [-0.2, -0.15) is 0 Å². The minimum atomic E-state index is -0.323. The Morgan fingerprint density at radius 1 is 1.36 bits per heavy atom. The Morgan fingerprint density at radius 3 is 2.86 bits per heavy atom. The molecule has 0 atom stereocenters. The number of aliphatic hydroxyl groups excluding tert-OH is 1. The Balaban J connectivity index is 2.39. The molecular weight excluding hydrogens is 185 g/mol. The van der Waals surface area contributed by atoms with Gasteiger partial charge in [-0.3, -0.25) is 0 Å². The van der Waals surface area contributed by atoms with Gasteiger partial charge in [0.05, 0.1) is 0 Å². The Bertz CT molecular complexity index is 439. The fourth-order valence-electron chi connectivity index (χ4n) is 1.17. The number of nitrogens with zero attached hydrogens (tertiary/aromatic N) is 1. The summed E-state index contributed by atoms with van der Waals surface area (Å²) in [6.45, 7) is -0.206. The van der Waals surface area contributed by atoms with Crippen LogP contribution in [0.1, 0.15) is 5.76 Å². The molecule has 0 bridgehead atoms. The topological polar surface area (TPSA) is 46.3 Å². The number of rotatable bonds is 2. The molecule has 14 heavy (non-hydrogen) atoms. The molecular formula is C10H8FNO2. The summed E-state index contributed by atoms with van der Waals surface area (Å²) in [4.78, 5) is 0. The molecule has 72 valence electrons. The third-order valence-corrected chi connectivity index (χ3v) is 1.84. The lowest BCUT2D eigenvalue weighted by molar-refractivity contribution is 0.229. The van der Waals surface area contributed by atoms with Gasteiger partial charge in [0, 0.05) is 11.6 Å². The fourth-order valence-corrected chi connectivity index (χ4v) is 1.17. The maximum atomic E-state index is 12.8. The maximum absolute atomic E-state index is 12.8. The van der Waals surface area contributed by atoms with Gasteiger partial charge in [0.15, 0.2) is 5.76 Å². The lowest BCUT2D eigenvalue weighted by Gasteiger charge is -1.93. The van der Waals surface area contributed by atoms with Gasteiger partial charge in [-0.25, -0.2) is 4.39 Å². The van der Waals surface area contributed by atoms with Gasteiger partial charge >= 0.3 is 0 Å². The highest BCUT2D eigenvalue weighted by Crippen LogP contribution is 2.19. The first-order valence-electron chi connectivity index (χ1n) is 4.12. The van der Waals surface area contributed by atoms with Crippen LogP contribution in [0.3, 0.4) is 0 Å². The van der Waals surface area contributed by atoms with Crippen LogP contribution in [0.25, 0.3) is 11.3 Å². The van der Waals surface area contributed by atoms with Gasteiger partial charge in [0.25, 0.3) is 0 Å². The van der Waals surface area contributed by atoms with E-state index in [-0.39, 0.29) is 12.4 Å². The second kappa shape index (κ2) is 3.59. The molecule has 2 aromatic rings. The van der Waals surface area contributed by atoms with Crippen molar-refractivity contribution in [1.82, 2.24) is 5.16 Å². The van der Waals surface area contributed by atoms with Gasteiger partial charge in [-0.05, 0) is 12.1 Å². The normalized spacial score (nSPS) is 10.4. The highest BCUT2D eigenvalue weighted by atomic mass is 19.1. The number of hydrogen-bond acceptors (Lipinski definition) is 3. The van der Waals surface area contributed by atoms with Crippen molar-refractivity contribution in [2.75, 3.05) is 0 Å². The van der Waals surface area contributed by atoms with Crippen molar-refractivity contribution in [3.8, 4) is 11.3 Å². The van der Waals surface area contributed by atoms with Crippen LogP contribution in [-0.2, 0) is 6.61 Å². The van der Waals surface area contributed by atoms with Crippen LogP contribution in [0, 0.1) is 5.82 Å². The minimum Gasteiger partial charge on any atom is -0.388 e. The molecule has 1 aromatic heterocycles. The fraction of sp³-hybridized carbons (Fsp3) is 0.100. The Labute approximate surface area is 79.8 Å². The smallest absolute Gasteiger partial charge is 0.162 e. The summed E-state index contributed by atoms with van der Waals surface area (Å²) in [5, 5.41) is 12.4. The molecule has 1 aromatic carbocycles. The van der Waals surface area contributed by atoms with Gasteiger partial charge in [-0.1, -0.05) is 17.3 Å². The number of benzene rings is 1. The summed E-state index contributed by atoms with van der Waals surface area (Å²) in [5.74, 6) is 0.0420. The minimum absolute atomic E-state index is 0.206. The number of hydrogen-bond donors (Lipinski definition) is 1. The Kier molecular flexibility index (Phi) is 2.28. The molecule has 0 spiro atoms. The van der Waals surface area contributed by atoms with E-state index in [9.17, 15) is 4.39 Å². The third kappa shape index (κ3) is 1.65. The summed E-state index contributed by atoms with van der Waals surface area (Å²) in [6, 6.07) is 7.62. The molecule has 0 saturated heterocycles. The van der Waals surface area contributed by atoms with E-state index in [2.05, 4.69) is 5.16 Å². The molecule has 0 aliphatic rings. The van der Waals surface area contributed by atoms with E-state index < -0.39 is 0 Å². The van der Waals surface area contributed by atoms with E-state index in [1.807, 2.05) is 0 Å². The SMILES string of the molecule is OCc1cc(-c2cccc(F)c2)no1. The molecule has 1 heterocycles. The molecule has 1 N–H and O–H groups in total. The van der Waals surface area contributed by atoms with Crippen LogP contribution in [-0.4, -0.2) is 10.3 Å². The maximum Gasteiger partial charge on any atom is 0.162 e. The molecule has 0 unspecified atom stereocenters. The van der Waals surface area contributed by atoms with Crippen molar-refractivity contribution >= 4 is 0 Å². The molecule has 0 aliphatic heterocycles. The zero-order valence-corrected chi connectivity index (χ0v) is 7.27. The standard InChI is InChI=1S/C10H8FNO2/c11-8-3-1-2-7(4-8)10-5-9(6-13)14-12-10/h1-5,13H,6H2. The van der Waals surface area contributed by atoms with Crippen LogP contribution in [0.5, 0.6) is 0 Å². The monoisotopic (exact) mass is 193 g/mol. The van der Waals surface area contributed by atoms with Crippen LogP contribution < -0.4 is 0 Å². The predicted octanol–water partition coefficient (Wildman–Crippen LogP) is 1.97. The first-order chi connectivity index (χ1) is 6.79. The van der Waals surface area contributed by atoms with Crippen LogP contribution in [0.15, 0.2) is 34.9 Å². The van der Waals surface area contributed by atoms with E-state index >= 15 is 0 Å². The van der Waals surface area contributed by atoms with E-state index in [4.69, 9.17) is 9.63 Å². The molecule has 3 nitrogen and oxygen atoms in total. The molecule has 0 saturated carbocycles. The molecule has 2 rings (SSSR count). The molecule has 4 heteroatoms. The van der Waals surface area contributed by atoms with Crippen LogP contribution in [0.2, 0.25) is 0 Å². The summed E-state index contributed by atoms with van der Waals surface area (Å²) >= 11 is 0. The average Bonchev–Trinajstić information content (AvgIpc) is 2.66. The second-order valence-corrected chi connectivity index (χ2v) is 2.85. The molecule has 0 amide bonds. The van der Waals surface area contributed by atoms with Crippen LogP contribution in [0.4, 0.5) is 4.39 Å². The first kappa shape index (κ1) is 8.90. The lowest BCUT2D eigenvalue weighted by atomic mass is 10.1. The summed E-state index contributed by atoms with van der Waals surface area (Å²) in [6.07, 6.45) is 0. The Hall–Kier alpha value is -1.68. The molecule has 0 fully saturated rings. The summed E-state index contributed by atoms with van der Waals surface area (Å²) in [7, 11) is 0. The largest absolute Gasteiger partial charge is 0.388 e. The van der Waals surface area contributed by atoms with Crippen LogP contribution >= 0.6 is 0 Å². The van der Waals surface area contributed by atoms with Crippen molar-refractivity contribution in [2.24, 2.45) is 0 Å². The molecule has 0 aliphatic carbocycles. The summed E-state index contributed by atoms with van der Waals surface area (Å²) < 4.78 is 17.6. The van der Waals surface area contributed by atoms with Crippen molar-refractivity contribution < 1.29 is 14.0 Å². The number of halogens is 1. The molecule has 0 radical (unpaired) electrons. The van der Waals surface area contributed by atoms with Crippen molar-refractivity contribution in [3.05, 3.63) is 41.9 Å². The second-order valence-electron chi connectivity index (χ2n) is 2.85. The van der Waals surface area contributed by atoms with E-state index in [1.54, 1.807) is 18.2 Å². The predicted molar refractivity (Wildman–Crippen MR) is 47.8 cm³/mol. The van der Waals surface area contributed by atoms with Gasteiger partial charge < -0.3 is 9.63 Å². The highest BCUT2D eigenvalue weighted by molar-refractivity contribution is 5.58. The van der Waals surface area contributed by atoms with E-state index in [1.165, 1.54) is 12.1 Å². The van der Waals surface area contributed by atoms with Crippen molar-refractivity contribution in [3.63, 3.8) is 0 Å². The third-order valence-electron chi connectivity index (χ3n) is 1.84. The summed E-state index contributed by atoms with van der Waals surface area (Å²) in [5.41, 5.74) is 1.15. The zero-order chi connectivity index (χ0) is 9.97. The number of aromatic nitrogens is 1. The first-order valence-corrected chi connectivity index (χ1v) is 4.12. The van der Waals surface area contributed by atoms with Gasteiger partial charge in [0.1, 0.15) is 18.1 Å². The van der Waals surface area contributed by atoms with Gasteiger partial charge in [-0.15, -0.1) is 0 Å². The van der Waals surface area contributed by atoms with Gasteiger partial charge in [0.2, 0.25) is 0 Å². The number of aliphatic hydroxyl groups is 1.